The Hall–Kier alpha value is -0.590. The molecule has 76 valence electrons. The molecule has 4 nitrogen and oxygen atoms in total. The molecule has 1 fully saturated rings. The maximum absolute atomic E-state index is 11.9. The topological polar surface area (TPSA) is 49.0 Å². The van der Waals surface area contributed by atoms with E-state index in [1.165, 1.54) is 6.42 Å². The first-order valence-electron chi connectivity index (χ1n) is 4.69. The van der Waals surface area contributed by atoms with Crippen LogP contribution in [0.2, 0.25) is 0 Å². The van der Waals surface area contributed by atoms with Gasteiger partial charge in [0.2, 0.25) is 0 Å². The first-order chi connectivity index (χ1) is 6.77. The molecule has 2 rings (SSSR count). The molecule has 1 unspecified atom stereocenters. The third-order valence-corrected chi connectivity index (χ3v) is 3.40. The van der Waals surface area contributed by atoms with Crippen LogP contribution in [0.1, 0.15) is 23.3 Å². The van der Waals surface area contributed by atoms with Crippen LogP contribution in [0.5, 0.6) is 0 Å². The monoisotopic (exact) mass is 305 g/mol. The van der Waals surface area contributed by atoms with Crippen LogP contribution in [-0.2, 0) is 0 Å². The maximum Gasteiger partial charge on any atom is 0.271 e. The minimum atomic E-state index is 0.0730. The van der Waals surface area contributed by atoms with Gasteiger partial charge in [0.25, 0.3) is 5.91 Å². The molecule has 1 aromatic rings. The van der Waals surface area contributed by atoms with Crippen LogP contribution in [0.15, 0.2) is 12.5 Å². The number of aromatic amines is 1. The van der Waals surface area contributed by atoms with Gasteiger partial charge >= 0.3 is 0 Å². The highest BCUT2D eigenvalue weighted by molar-refractivity contribution is 14.1. The molecule has 1 N–H and O–H groups in total. The summed E-state index contributed by atoms with van der Waals surface area (Å²) < 4.78 is 0.591. The summed E-state index contributed by atoms with van der Waals surface area (Å²) in [6.45, 7) is 1.73. The van der Waals surface area contributed by atoms with E-state index in [2.05, 4.69) is 32.6 Å². The molecule has 1 aliphatic heterocycles. The van der Waals surface area contributed by atoms with Crippen molar-refractivity contribution >= 4 is 28.5 Å². The summed E-state index contributed by atoms with van der Waals surface area (Å²) >= 11 is 2.40. The van der Waals surface area contributed by atoms with Gasteiger partial charge in [-0.2, -0.15) is 0 Å². The zero-order valence-electron chi connectivity index (χ0n) is 7.74. The van der Waals surface area contributed by atoms with Crippen molar-refractivity contribution in [3.8, 4) is 0 Å². The van der Waals surface area contributed by atoms with Gasteiger partial charge in [0, 0.05) is 17.0 Å². The van der Waals surface area contributed by atoms with Crippen LogP contribution in [-0.4, -0.2) is 37.8 Å². The van der Waals surface area contributed by atoms with Crippen LogP contribution in [0.4, 0.5) is 0 Å². The van der Waals surface area contributed by atoms with E-state index in [1.54, 1.807) is 12.5 Å². The lowest BCUT2D eigenvalue weighted by molar-refractivity contribution is 0.0726. The fraction of sp³-hybridized carbons (Fsp3) is 0.556. The van der Waals surface area contributed by atoms with Gasteiger partial charge in [-0.15, -0.1) is 0 Å². The third kappa shape index (κ3) is 2.08. The lowest BCUT2D eigenvalue weighted by Crippen LogP contribution is -2.40. The van der Waals surface area contributed by atoms with Gasteiger partial charge in [-0.3, -0.25) is 4.79 Å². The highest BCUT2D eigenvalue weighted by Gasteiger charge is 2.23. The van der Waals surface area contributed by atoms with Crippen LogP contribution >= 0.6 is 22.6 Å². The summed E-state index contributed by atoms with van der Waals surface area (Å²) in [7, 11) is 0. The number of nitrogens with zero attached hydrogens (tertiary/aromatic N) is 2. The highest BCUT2D eigenvalue weighted by atomic mass is 127. The molecule has 1 amide bonds. The Kier molecular flexibility index (Phi) is 3.05. The van der Waals surface area contributed by atoms with Gasteiger partial charge < -0.3 is 9.88 Å². The number of H-pyrrole nitrogens is 1. The molecular weight excluding hydrogens is 293 g/mol. The van der Waals surface area contributed by atoms with Gasteiger partial charge in [0.1, 0.15) is 5.69 Å². The van der Waals surface area contributed by atoms with E-state index >= 15 is 0 Å². The van der Waals surface area contributed by atoms with E-state index in [4.69, 9.17) is 0 Å². The number of alkyl halides is 1. The van der Waals surface area contributed by atoms with Crippen molar-refractivity contribution in [1.82, 2.24) is 14.9 Å². The maximum atomic E-state index is 11.9. The number of amides is 1. The molecule has 1 aliphatic rings. The lowest BCUT2D eigenvalue weighted by atomic mass is 10.1. The summed E-state index contributed by atoms with van der Waals surface area (Å²) in [4.78, 5) is 20.5. The Balaban J connectivity index is 2.04. The van der Waals surface area contributed by atoms with Crippen LogP contribution in [0, 0.1) is 0 Å². The van der Waals surface area contributed by atoms with Crippen molar-refractivity contribution in [1.29, 1.82) is 0 Å². The highest BCUT2D eigenvalue weighted by Crippen LogP contribution is 2.18. The first kappa shape index (κ1) is 9.95. The normalized spacial score (nSPS) is 22.4. The molecule has 0 bridgehead atoms. The SMILES string of the molecule is O=C(c1cnc[nH]1)N1CCCC(I)C1. The summed E-state index contributed by atoms with van der Waals surface area (Å²) in [5, 5.41) is 0. The standard InChI is InChI=1S/C9H12IN3O/c10-7-2-1-3-13(5-7)9(14)8-4-11-6-12-8/h4,6-7H,1-3,5H2,(H,11,12). The van der Waals surface area contributed by atoms with E-state index < -0.39 is 0 Å². The number of nitrogens with one attached hydrogen (secondary N) is 1. The molecule has 1 atom stereocenters. The molecular formula is C9H12IN3O. The summed E-state index contributed by atoms with van der Waals surface area (Å²) in [5.41, 5.74) is 0.593. The number of piperidine rings is 1. The minimum absolute atomic E-state index is 0.0730. The molecule has 0 radical (unpaired) electrons. The molecule has 1 saturated heterocycles. The molecule has 0 aromatic carbocycles. The zero-order chi connectivity index (χ0) is 9.97. The smallest absolute Gasteiger partial charge is 0.271 e. The summed E-state index contributed by atoms with van der Waals surface area (Å²) in [6.07, 6.45) is 5.44. The largest absolute Gasteiger partial charge is 0.341 e. The Labute approximate surface area is 96.2 Å². The van der Waals surface area contributed by atoms with E-state index in [0.29, 0.717) is 9.62 Å². The van der Waals surface area contributed by atoms with Gasteiger partial charge in [0.15, 0.2) is 0 Å². The molecule has 0 spiro atoms. The number of imidazole rings is 1. The Morgan fingerprint density at radius 1 is 1.71 bits per heavy atom. The van der Waals surface area contributed by atoms with Crippen molar-refractivity contribution in [3.63, 3.8) is 0 Å². The Morgan fingerprint density at radius 2 is 2.57 bits per heavy atom. The van der Waals surface area contributed by atoms with Crippen LogP contribution in [0.3, 0.4) is 0 Å². The van der Waals surface area contributed by atoms with Crippen molar-refractivity contribution in [2.75, 3.05) is 13.1 Å². The molecule has 0 saturated carbocycles. The zero-order valence-corrected chi connectivity index (χ0v) is 9.90. The average molecular weight is 305 g/mol. The van der Waals surface area contributed by atoms with E-state index in [-0.39, 0.29) is 5.91 Å². The average Bonchev–Trinajstić information content (AvgIpc) is 2.69. The number of halogens is 1. The molecule has 1 aromatic heterocycles. The number of hydrogen-bond acceptors (Lipinski definition) is 2. The Bertz CT molecular complexity index is 312. The Morgan fingerprint density at radius 3 is 3.21 bits per heavy atom. The number of carbonyl (C=O) groups is 1. The molecule has 0 aliphatic carbocycles. The van der Waals surface area contributed by atoms with E-state index in [1.807, 2.05) is 4.90 Å². The number of hydrogen-bond donors (Lipinski definition) is 1. The predicted octanol–water partition coefficient (Wildman–Crippen LogP) is 1.45. The van der Waals surface area contributed by atoms with Crippen LogP contribution in [0.25, 0.3) is 0 Å². The number of carbonyl (C=O) groups excluding carboxylic acids is 1. The number of rotatable bonds is 1. The van der Waals surface area contributed by atoms with Crippen molar-refractivity contribution in [3.05, 3.63) is 18.2 Å². The number of aromatic nitrogens is 2. The number of likely N-dealkylation sites (tertiary alicyclic amines) is 1. The second kappa shape index (κ2) is 4.29. The van der Waals surface area contributed by atoms with Gasteiger partial charge in [-0.1, -0.05) is 22.6 Å². The van der Waals surface area contributed by atoms with Gasteiger partial charge in [-0.25, -0.2) is 4.98 Å². The van der Waals surface area contributed by atoms with Crippen molar-refractivity contribution in [2.45, 2.75) is 16.8 Å². The van der Waals surface area contributed by atoms with Crippen molar-refractivity contribution < 1.29 is 4.79 Å². The second-order valence-electron chi connectivity index (χ2n) is 3.46. The second-order valence-corrected chi connectivity index (χ2v) is 5.22. The summed E-state index contributed by atoms with van der Waals surface area (Å²) in [5.74, 6) is 0.0730. The summed E-state index contributed by atoms with van der Waals surface area (Å²) in [6, 6.07) is 0. The first-order valence-corrected chi connectivity index (χ1v) is 5.93. The molecule has 2 heterocycles. The third-order valence-electron chi connectivity index (χ3n) is 2.38. The van der Waals surface area contributed by atoms with Gasteiger partial charge in [0.05, 0.1) is 12.5 Å². The fourth-order valence-electron chi connectivity index (χ4n) is 1.65. The van der Waals surface area contributed by atoms with Gasteiger partial charge in [-0.05, 0) is 12.8 Å². The van der Waals surface area contributed by atoms with E-state index in [0.717, 1.165) is 19.5 Å². The molecule has 14 heavy (non-hydrogen) atoms. The fourth-order valence-corrected chi connectivity index (χ4v) is 2.57. The van der Waals surface area contributed by atoms with Crippen LogP contribution < -0.4 is 0 Å². The molecule has 5 heteroatoms. The minimum Gasteiger partial charge on any atom is -0.341 e. The predicted molar refractivity (Wildman–Crippen MR) is 61.5 cm³/mol. The quantitative estimate of drug-likeness (QED) is 0.630. The van der Waals surface area contributed by atoms with Crippen molar-refractivity contribution in [2.24, 2.45) is 0 Å². The lowest BCUT2D eigenvalue weighted by Gasteiger charge is -2.29. The van der Waals surface area contributed by atoms with E-state index in [9.17, 15) is 4.79 Å².